The van der Waals surface area contributed by atoms with E-state index >= 15 is 0 Å². The average molecular weight is 310 g/mol. The molecule has 3 rings (SSSR count). The Labute approximate surface area is 127 Å². The van der Waals surface area contributed by atoms with Crippen LogP contribution in [0.2, 0.25) is 5.02 Å². The van der Waals surface area contributed by atoms with Gasteiger partial charge in [0.1, 0.15) is 5.82 Å². The van der Waals surface area contributed by atoms with Crippen LogP contribution in [0.5, 0.6) is 0 Å². The highest BCUT2D eigenvalue weighted by Gasteiger charge is 2.36. The molecule has 0 amide bonds. The summed E-state index contributed by atoms with van der Waals surface area (Å²) in [5.74, 6) is 1.04. The predicted molar refractivity (Wildman–Crippen MR) is 78.2 cm³/mol. The van der Waals surface area contributed by atoms with Crippen molar-refractivity contribution in [3.8, 4) is 11.5 Å². The summed E-state index contributed by atoms with van der Waals surface area (Å²) >= 11 is 5.77. The molecule has 0 unspecified atom stereocenters. The van der Waals surface area contributed by atoms with Crippen molar-refractivity contribution in [1.82, 2.24) is 10.1 Å². The number of rotatable bonds is 2. The van der Waals surface area contributed by atoms with Gasteiger partial charge in [0.2, 0.25) is 0 Å². The Balaban J connectivity index is 1.87. The van der Waals surface area contributed by atoms with Crippen molar-refractivity contribution in [2.45, 2.75) is 38.1 Å². The van der Waals surface area contributed by atoms with E-state index in [-0.39, 0.29) is 5.02 Å². The lowest BCUT2D eigenvalue weighted by molar-refractivity contribution is 0.230. The summed E-state index contributed by atoms with van der Waals surface area (Å²) < 4.78 is 18.5. The molecule has 1 aromatic heterocycles. The van der Waals surface area contributed by atoms with Crippen molar-refractivity contribution >= 4 is 11.6 Å². The van der Waals surface area contributed by atoms with E-state index in [4.69, 9.17) is 21.9 Å². The molecule has 1 aromatic carbocycles. The molecule has 6 heteroatoms. The number of nitrogens with zero attached hydrogens (tertiary/aromatic N) is 2. The van der Waals surface area contributed by atoms with Crippen LogP contribution >= 0.6 is 11.6 Å². The van der Waals surface area contributed by atoms with Gasteiger partial charge >= 0.3 is 0 Å². The summed E-state index contributed by atoms with van der Waals surface area (Å²) in [5.41, 5.74) is 6.48. The van der Waals surface area contributed by atoms with Crippen LogP contribution < -0.4 is 5.73 Å². The quantitative estimate of drug-likeness (QED) is 0.914. The lowest BCUT2D eigenvalue weighted by atomic mass is 9.77. The maximum atomic E-state index is 13.2. The second kappa shape index (κ2) is 5.39. The second-order valence-electron chi connectivity index (χ2n) is 5.89. The van der Waals surface area contributed by atoms with Gasteiger partial charge in [-0.2, -0.15) is 4.98 Å². The van der Waals surface area contributed by atoms with E-state index in [0.717, 1.165) is 25.7 Å². The van der Waals surface area contributed by atoms with E-state index in [1.165, 1.54) is 12.1 Å². The highest BCUT2D eigenvalue weighted by atomic mass is 35.5. The van der Waals surface area contributed by atoms with Gasteiger partial charge < -0.3 is 10.3 Å². The third-order valence-corrected chi connectivity index (χ3v) is 4.49. The van der Waals surface area contributed by atoms with Gasteiger partial charge in [0.25, 0.3) is 5.89 Å². The smallest absolute Gasteiger partial charge is 0.258 e. The summed E-state index contributed by atoms with van der Waals surface area (Å²) in [5, 5.41) is 4.05. The van der Waals surface area contributed by atoms with E-state index in [9.17, 15) is 4.39 Å². The number of nitrogens with two attached hydrogens (primary N) is 1. The first-order valence-electron chi connectivity index (χ1n) is 7.06. The minimum atomic E-state index is -0.530. The molecule has 1 heterocycles. The maximum Gasteiger partial charge on any atom is 0.258 e. The molecule has 0 aliphatic heterocycles. The zero-order valence-electron chi connectivity index (χ0n) is 11.8. The van der Waals surface area contributed by atoms with Crippen LogP contribution in [0.1, 0.15) is 38.4 Å². The predicted octanol–water partition coefficient (Wildman–Crippen LogP) is 3.89. The topological polar surface area (TPSA) is 64.9 Å². The largest absolute Gasteiger partial charge is 0.334 e. The van der Waals surface area contributed by atoms with Crippen molar-refractivity contribution in [1.29, 1.82) is 0 Å². The minimum Gasteiger partial charge on any atom is -0.334 e. The standard InChI is InChI=1S/C15H17ClFN3O/c1-9-4-6-15(18,7-5-9)14-19-13(21-20-14)10-2-3-12(17)11(16)8-10/h2-3,8-9H,4-7,18H2,1H3. The summed E-state index contributed by atoms with van der Waals surface area (Å²) in [7, 11) is 0. The van der Waals surface area contributed by atoms with Crippen LogP contribution in [0.25, 0.3) is 11.5 Å². The minimum absolute atomic E-state index is 0.0289. The van der Waals surface area contributed by atoms with Crippen LogP contribution in [-0.2, 0) is 5.54 Å². The molecular weight excluding hydrogens is 293 g/mol. The monoisotopic (exact) mass is 309 g/mol. The second-order valence-corrected chi connectivity index (χ2v) is 6.30. The molecule has 0 bridgehead atoms. The van der Waals surface area contributed by atoms with Gasteiger partial charge in [-0.05, 0) is 49.8 Å². The van der Waals surface area contributed by atoms with E-state index in [0.29, 0.717) is 23.2 Å². The zero-order chi connectivity index (χ0) is 15.0. The molecule has 2 N–H and O–H groups in total. The Bertz CT molecular complexity index is 650. The molecule has 0 saturated heterocycles. The van der Waals surface area contributed by atoms with E-state index in [1.807, 2.05) is 0 Å². The van der Waals surface area contributed by atoms with Gasteiger partial charge in [-0.25, -0.2) is 4.39 Å². The average Bonchev–Trinajstić information content (AvgIpc) is 2.96. The van der Waals surface area contributed by atoms with Gasteiger partial charge in [-0.15, -0.1) is 0 Å². The van der Waals surface area contributed by atoms with Gasteiger partial charge in [-0.3, -0.25) is 0 Å². The number of halogens is 2. The van der Waals surface area contributed by atoms with E-state index in [1.54, 1.807) is 6.07 Å². The fraction of sp³-hybridized carbons (Fsp3) is 0.467. The Kier molecular flexibility index (Phi) is 3.71. The van der Waals surface area contributed by atoms with Crippen molar-refractivity contribution < 1.29 is 8.91 Å². The maximum absolute atomic E-state index is 13.2. The zero-order valence-corrected chi connectivity index (χ0v) is 12.5. The Morgan fingerprint density at radius 1 is 1.38 bits per heavy atom. The Hall–Kier alpha value is -1.46. The van der Waals surface area contributed by atoms with Gasteiger partial charge in [0.15, 0.2) is 5.82 Å². The van der Waals surface area contributed by atoms with Crippen LogP contribution in [0.15, 0.2) is 22.7 Å². The van der Waals surface area contributed by atoms with E-state index in [2.05, 4.69) is 17.1 Å². The summed E-state index contributed by atoms with van der Waals surface area (Å²) in [6.45, 7) is 2.22. The van der Waals surface area contributed by atoms with Crippen molar-refractivity contribution in [3.05, 3.63) is 34.9 Å². The molecule has 1 fully saturated rings. The number of hydrogen-bond donors (Lipinski definition) is 1. The van der Waals surface area contributed by atoms with Crippen molar-refractivity contribution in [2.24, 2.45) is 11.7 Å². The first-order chi connectivity index (χ1) is 9.98. The molecular formula is C15H17ClFN3O. The highest BCUT2D eigenvalue weighted by Crippen LogP contribution is 2.36. The SMILES string of the molecule is CC1CCC(N)(c2noc(-c3ccc(F)c(Cl)c3)n2)CC1. The number of aromatic nitrogens is 2. The fourth-order valence-corrected chi connectivity index (χ4v) is 2.85. The van der Waals surface area contributed by atoms with Crippen LogP contribution in [0, 0.1) is 11.7 Å². The summed E-state index contributed by atoms with van der Waals surface area (Å²) in [6.07, 6.45) is 3.81. The molecule has 1 aliphatic rings. The summed E-state index contributed by atoms with van der Waals surface area (Å²) in [6, 6.07) is 4.31. The van der Waals surface area contributed by atoms with Crippen LogP contribution in [0.4, 0.5) is 4.39 Å². The van der Waals surface area contributed by atoms with Crippen LogP contribution in [0.3, 0.4) is 0 Å². The molecule has 1 saturated carbocycles. The van der Waals surface area contributed by atoms with Gasteiger partial charge in [0.05, 0.1) is 10.6 Å². The normalized spacial score (nSPS) is 26.0. The third kappa shape index (κ3) is 2.80. The first-order valence-corrected chi connectivity index (χ1v) is 7.44. The molecule has 0 atom stereocenters. The molecule has 0 radical (unpaired) electrons. The molecule has 21 heavy (non-hydrogen) atoms. The summed E-state index contributed by atoms with van der Waals surface area (Å²) in [4.78, 5) is 4.39. The molecule has 0 spiro atoms. The lowest BCUT2D eigenvalue weighted by Crippen LogP contribution is -2.41. The van der Waals surface area contributed by atoms with Crippen molar-refractivity contribution in [3.63, 3.8) is 0 Å². The Morgan fingerprint density at radius 3 is 2.76 bits per heavy atom. The molecule has 4 nitrogen and oxygen atoms in total. The fourth-order valence-electron chi connectivity index (χ4n) is 2.67. The molecule has 1 aliphatic carbocycles. The Morgan fingerprint density at radius 2 is 2.10 bits per heavy atom. The third-order valence-electron chi connectivity index (χ3n) is 4.20. The van der Waals surface area contributed by atoms with Gasteiger partial charge in [0, 0.05) is 5.56 Å². The van der Waals surface area contributed by atoms with Crippen LogP contribution in [-0.4, -0.2) is 10.1 Å². The first kappa shape index (κ1) is 14.5. The lowest BCUT2D eigenvalue weighted by Gasteiger charge is -2.33. The van der Waals surface area contributed by atoms with Crippen molar-refractivity contribution in [2.75, 3.05) is 0 Å². The van der Waals surface area contributed by atoms with Gasteiger partial charge in [-0.1, -0.05) is 23.7 Å². The number of hydrogen-bond acceptors (Lipinski definition) is 4. The molecule has 2 aromatic rings. The number of benzene rings is 1. The van der Waals surface area contributed by atoms with E-state index < -0.39 is 11.4 Å². The molecule has 112 valence electrons. The highest BCUT2D eigenvalue weighted by molar-refractivity contribution is 6.31.